The van der Waals surface area contributed by atoms with Crippen LogP contribution in [-0.2, 0) is 36.5 Å². The SMILES string of the molecule is CCSOOOC[n+]1c(C=C2Oc3ccc(Br)cc3N2CCCOS(=O)O)sc2ccc3ccccc3c21. The summed E-state index contributed by atoms with van der Waals surface area (Å²) in [6.07, 6.45) is 2.47. The molecule has 0 saturated carbocycles. The van der Waals surface area contributed by atoms with E-state index < -0.39 is 11.4 Å². The second-order valence-corrected chi connectivity index (χ2v) is 11.6. The van der Waals surface area contributed by atoms with Crippen molar-refractivity contribution in [2.24, 2.45) is 0 Å². The minimum Gasteiger partial charge on any atom is -0.438 e. The Bertz CT molecular complexity index is 1500. The Morgan fingerprint density at radius 1 is 1.24 bits per heavy atom. The number of fused-ring (bicyclic) bond motifs is 4. The summed E-state index contributed by atoms with van der Waals surface area (Å²) < 4.78 is 39.9. The fraction of sp³-hybridized carbons (Fsp3) is 0.240. The summed E-state index contributed by atoms with van der Waals surface area (Å²) in [5, 5.41) is 8.00. The number of halogens is 1. The zero-order chi connectivity index (χ0) is 26.5. The first-order valence-electron chi connectivity index (χ1n) is 11.7. The minimum atomic E-state index is -2.30. The highest BCUT2D eigenvalue weighted by Crippen LogP contribution is 2.41. The van der Waals surface area contributed by atoms with Gasteiger partial charge in [0.1, 0.15) is 4.70 Å². The third-order valence-electron chi connectivity index (χ3n) is 5.69. The monoisotopic (exact) mass is 639 g/mol. The molecule has 0 radical (unpaired) electrons. The predicted octanol–water partition coefficient (Wildman–Crippen LogP) is 6.35. The zero-order valence-corrected chi connectivity index (χ0v) is 24.2. The smallest absolute Gasteiger partial charge is 0.301 e. The van der Waals surface area contributed by atoms with E-state index in [0.717, 1.165) is 54.0 Å². The molecule has 200 valence electrons. The summed E-state index contributed by atoms with van der Waals surface area (Å²) in [5.41, 5.74) is 1.90. The zero-order valence-electron chi connectivity index (χ0n) is 20.2. The highest BCUT2D eigenvalue weighted by Gasteiger charge is 2.30. The predicted molar refractivity (Wildman–Crippen MR) is 152 cm³/mol. The van der Waals surface area contributed by atoms with Crippen molar-refractivity contribution in [3.8, 4) is 5.75 Å². The van der Waals surface area contributed by atoms with Crippen LogP contribution in [0.3, 0.4) is 0 Å². The van der Waals surface area contributed by atoms with Crippen LogP contribution in [0.4, 0.5) is 5.69 Å². The second-order valence-electron chi connectivity index (χ2n) is 8.03. The van der Waals surface area contributed by atoms with E-state index in [0.29, 0.717) is 24.6 Å². The van der Waals surface area contributed by atoms with Gasteiger partial charge in [0.2, 0.25) is 11.4 Å². The number of aromatic nitrogens is 1. The van der Waals surface area contributed by atoms with E-state index in [4.69, 9.17) is 27.7 Å². The van der Waals surface area contributed by atoms with E-state index in [1.54, 1.807) is 11.3 Å². The second kappa shape index (κ2) is 12.9. The van der Waals surface area contributed by atoms with Gasteiger partial charge in [0.25, 0.3) is 11.7 Å². The van der Waals surface area contributed by atoms with Gasteiger partial charge in [-0.15, -0.1) is 9.22 Å². The summed E-state index contributed by atoms with van der Waals surface area (Å²) in [6.45, 7) is 2.69. The number of benzene rings is 3. The van der Waals surface area contributed by atoms with E-state index in [2.05, 4.69) is 40.2 Å². The van der Waals surface area contributed by atoms with Gasteiger partial charge in [0.05, 0.1) is 23.8 Å². The molecule has 9 nitrogen and oxygen atoms in total. The number of hydrogen-bond acceptors (Lipinski definition) is 9. The first-order chi connectivity index (χ1) is 18.5. The van der Waals surface area contributed by atoms with Crippen LogP contribution in [0, 0.1) is 0 Å². The maximum Gasteiger partial charge on any atom is 0.301 e. The molecule has 0 fully saturated rings. The molecule has 38 heavy (non-hydrogen) atoms. The van der Waals surface area contributed by atoms with Crippen LogP contribution < -0.4 is 14.2 Å². The van der Waals surface area contributed by atoms with Crippen molar-refractivity contribution in [3.05, 3.63) is 70.0 Å². The maximum absolute atomic E-state index is 10.9. The van der Waals surface area contributed by atoms with Crippen molar-refractivity contribution in [1.82, 2.24) is 0 Å². The van der Waals surface area contributed by atoms with E-state index in [-0.39, 0.29) is 13.3 Å². The van der Waals surface area contributed by atoms with Gasteiger partial charge in [-0.25, -0.2) is 0 Å². The Kier molecular flexibility index (Phi) is 9.30. The molecule has 1 aromatic heterocycles. The lowest BCUT2D eigenvalue weighted by atomic mass is 10.1. The van der Waals surface area contributed by atoms with Gasteiger partial charge in [-0.05, 0) is 47.2 Å². The molecule has 2 heterocycles. The summed E-state index contributed by atoms with van der Waals surface area (Å²) >= 11 is 3.99. The lowest BCUT2D eigenvalue weighted by Crippen LogP contribution is -2.37. The molecule has 3 aromatic carbocycles. The Morgan fingerprint density at radius 2 is 2.11 bits per heavy atom. The average molecular weight is 641 g/mol. The van der Waals surface area contributed by atoms with Gasteiger partial charge in [0, 0.05) is 28.8 Å². The van der Waals surface area contributed by atoms with Crippen LogP contribution in [0.25, 0.3) is 27.1 Å². The van der Waals surface area contributed by atoms with Gasteiger partial charge in [-0.1, -0.05) is 58.5 Å². The van der Waals surface area contributed by atoms with Crippen molar-refractivity contribution in [3.63, 3.8) is 0 Å². The molecular weight excluding hydrogens is 616 g/mol. The van der Waals surface area contributed by atoms with Gasteiger partial charge in [-0.2, -0.15) is 8.78 Å². The normalized spacial score (nSPS) is 14.9. The third kappa shape index (κ3) is 6.22. The van der Waals surface area contributed by atoms with E-state index in [9.17, 15) is 4.21 Å². The van der Waals surface area contributed by atoms with Gasteiger partial charge < -0.3 is 9.64 Å². The van der Waals surface area contributed by atoms with Gasteiger partial charge in [-0.3, -0.25) is 8.74 Å². The molecule has 0 bridgehead atoms. The fourth-order valence-electron chi connectivity index (χ4n) is 4.14. The highest BCUT2D eigenvalue weighted by atomic mass is 79.9. The number of hydrogen-bond donors (Lipinski definition) is 1. The van der Waals surface area contributed by atoms with Crippen LogP contribution >= 0.6 is 39.3 Å². The Labute approximate surface area is 238 Å². The van der Waals surface area contributed by atoms with Crippen molar-refractivity contribution in [2.75, 3.05) is 23.8 Å². The van der Waals surface area contributed by atoms with Gasteiger partial charge >= 0.3 is 11.4 Å². The lowest BCUT2D eigenvalue weighted by Gasteiger charge is -2.17. The van der Waals surface area contributed by atoms with E-state index in [1.807, 2.05) is 52.8 Å². The summed E-state index contributed by atoms with van der Waals surface area (Å²) in [5.74, 6) is 2.06. The molecule has 0 amide bonds. The van der Waals surface area contributed by atoms with Crippen LogP contribution in [-0.4, -0.2) is 27.7 Å². The van der Waals surface area contributed by atoms with Gasteiger partial charge in [0.15, 0.2) is 5.75 Å². The van der Waals surface area contributed by atoms with Crippen LogP contribution in [0.15, 0.2) is 65.0 Å². The van der Waals surface area contributed by atoms with Crippen LogP contribution in [0.2, 0.25) is 0 Å². The van der Waals surface area contributed by atoms with Crippen molar-refractivity contribution in [1.29, 1.82) is 0 Å². The third-order valence-corrected chi connectivity index (χ3v) is 8.03. The first-order valence-corrected chi connectivity index (χ1v) is 15.2. The number of ether oxygens (including phenoxy) is 1. The molecule has 13 heteroatoms. The number of anilines is 1. The summed E-state index contributed by atoms with van der Waals surface area (Å²) in [4.78, 5) is 7.44. The largest absolute Gasteiger partial charge is 0.438 e. The Morgan fingerprint density at radius 3 is 2.95 bits per heavy atom. The highest BCUT2D eigenvalue weighted by molar-refractivity contribution is 9.10. The van der Waals surface area contributed by atoms with Crippen LogP contribution in [0.1, 0.15) is 18.4 Å². The average Bonchev–Trinajstić information content (AvgIpc) is 3.43. The maximum atomic E-state index is 10.9. The number of rotatable bonds is 12. The Balaban J connectivity index is 1.53. The summed E-state index contributed by atoms with van der Waals surface area (Å²) in [6, 6.07) is 18.2. The molecule has 4 aromatic rings. The molecule has 0 aliphatic carbocycles. The van der Waals surface area contributed by atoms with Crippen molar-refractivity contribution < 1.29 is 36.5 Å². The standard InChI is InChI=1S/C25H23BrN2O7S3/c1-2-36-35-34-31-16-28-24(37-22-11-8-17-6-3-4-7-19(17)25(22)28)15-23-27(12-5-13-32-38(29)30)20-14-18(26)9-10-21(20)33-23/h3-4,6-11,14-15H,2,5,12-13,16H2,1H3/p+1. The quantitative estimate of drug-likeness (QED) is 0.0475. The first kappa shape index (κ1) is 27.5. The molecule has 0 saturated heterocycles. The molecule has 1 atom stereocenters. The molecule has 5 rings (SSSR count). The van der Waals surface area contributed by atoms with E-state index >= 15 is 0 Å². The lowest BCUT2D eigenvalue weighted by molar-refractivity contribution is -0.747. The molecule has 1 unspecified atom stereocenters. The van der Waals surface area contributed by atoms with Crippen molar-refractivity contribution in [2.45, 2.75) is 20.1 Å². The Hall–Kier alpha value is -2.07. The van der Waals surface area contributed by atoms with E-state index in [1.165, 1.54) is 0 Å². The molecular formula is C25H24BrN2O7S3+. The summed E-state index contributed by atoms with van der Waals surface area (Å²) in [7, 11) is 0. The topological polar surface area (TPSA) is 90.6 Å². The van der Waals surface area contributed by atoms with Crippen molar-refractivity contribution >= 4 is 83.4 Å². The molecule has 0 spiro atoms. The molecule has 1 N–H and O–H groups in total. The fourth-order valence-corrected chi connectivity index (χ4v) is 6.02. The number of thiazole rings is 1. The van der Waals surface area contributed by atoms with Crippen LogP contribution in [0.5, 0.6) is 5.75 Å². The molecule has 1 aliphatic rings. The molecule has 1 aliphatic heterocycles. The number of nitrogens with zero attached hydrogens (tertiary/aromatic N) is 2. The minimum absolute atomic E-state index is 0.0893.